The Bertz CT molecular complexity index is 247. The van der Waals surface area contributed by atoms with Gasteiger partial charge in [0.25, 0.3) is 0 Å². The second-order valence-electron chi connectivity index (χ2n) is 2.90. The van der Waals surface area contributed by atoms with E-state index in [1.165, 1.54) is 5.56 Å². The van der Waals surface area contributed by atoms with Gasteiger partial charge in [-0.15, -0.1) is 0 Å². The quantitative estimate of drug-likeness (QED) is 0.844. The van der Waals surface area contributed by atoms with Crippen LogP contribution < -0.4 is 0 Å². The molecule has 66 valence electrons. The molecule has 1 atom stereocenters. The van der Waals surface area contributed by atoms with E-state index in [2.05, 4.69) is 15.9 Å². The molecular weight excluding hydrogens is 216 g/mol. The highest BCUT2D eigenvalue weighted by Crippen LogP contribution is 2.13. The minimum Gasteiger partial charge on any atom is -0.393 e. The fraction of sp³-hybridized carbons (Fsp3) is 0.400. The van der Waals surface area contributed by atoms with E-state index in [0.717, 1.165) is 17.3 Å². The lowest BCUT2D eigenvalue weighted by molar-refractivity contribution is 0.171. The van der Waals surface area contributed by atoms with Crippen LogP contribution in [0.4, 0.5) is 0 Å². The molecule has 0 saturated carbocycles. The largest absolute Gasteiger partial charge is 0.393 e. The molecule has 12 heavy (non-hydrogen) atoms. The minimum absolute atomic E-state index is 0.209. The predicted octanol–water partition coefficient (Wildman–Crippen LogP) is 2.76. The van der Waals surface area contributed by atoms with E-state index in [9.17, 15) is 5.11 Å². The summed E-state index contributed by atoms with van der Waals surface area (Å²) in [5, 5.41) is 9.39. The number of rotatable bonds is 3. The highest BCUT2D eigenvalue weighted by molar-refractivity contribution is 9.10. The molecule has 0 spiro atoms. The summed E-state index contributed by atoms with van der Waals surface area (Å²) in [6, 6.07) is 8.05. The number of aliphatic hydroxyl groups excluding tert-OH is 1. The third-order valence-corrected chi connectivity index (χ3v) is 2.32. The van der Waals surface area contributed by atoms with E-state index in [1.807, 2.05) is 31.2 Å². The Balaban J connectivity index is 2.63. The molecule has 0 saturated heterocycles. The Morgan fingerprint density at radius 3 is 2.83 bits per heavy atom. The molecular formula is C10H13BrO. The molecule has 1 unspecified atom stereocenters. The Labute approximate surface area is 81.6 Å². The molecule has 0 aliphatic carbocycles. The molecule has 2 heteroatoms. The van der Waals surface area contributed by atoms with Gasteiger partial charge in [0.2, 0.25) is 0 Å². The summed E-state index contributed by atoms with van der Waals surface area (Å²) >= 11 is 3.39. The van der Waals surface area contributed by atoms with Crippen LogP contribution in [0.1, 0.15) is 18.9 Å². The van der Waals surface area contributed by atoms with Crippen molar-refractivity contribution in [2.45, 2.75) is 25.9 Å². The summed E-state index contributed by atoms with van der Waals surface area (Å²) < 4.78 is 1.07. The van der Waals surface area contributed by atoms with Crippen molar-refractivity contribution in [3.63, 3.8) is 0 Å². The number of aliphatic hydroxyl groups is 1. The second kappa shape index (κ2) is 4.63. The topological polar surface area (TPSA) is 20.2 Å². The lowest BCUT2D eigenvalue weighted by atomic mass is 10.1. The first-order valence-electron chi connectivity index (χ1n) is 4.15. The molecule has 1 aromatic rings. The Morgan fingerprint density at radius 2 is 2.25 bits per heavy atom. The Kier molecular flexibility index (Phi) is 3.76. The molecule has 0 radical (unpaired) electrons. The molecule has 0 aromatic heterocycles. The maximum Gasteiger partial charge on any atom is 0.0577 e. The average molecular weight is 229 g/mol. The van der Waals surface area contributed by atoms with Crippen LogP contribution in [0.3, 0.4) is 0 Å². The molecule has 0 bridgehead atoms. The van der Waals surface area contributed by atoms with Crippen LogP contribution in [0.15, 0.2) is 28.7 Å². The highest BCUT2D eigenvalue weighted by atomic mass is 79.9. The normalized spacial score (nSPS) is 12.9. The van der Waals surface area contributed by atoms with Crippen molar-refractivity contribution < 1.29 is 5.11 Å². The first-order chi connectivity index (χ1) is 5.72. The van der Waals surface area contributed by atoms with E-state index in [1.54, 1.807) is 0 Å². The van der Waals surface area contributed by atoms with Crippen molar-refractivity contribution in [3.8, 4) is 0 Å². The molecule has 0 heterocycles. The smallest absolute Gasteiger partial charge is 0.0577 e. The molecule has 1 rings (SSSR count). The molecule has 0 aliphatic heterocycles. The molecule has 0 aliphatic rings. The second-order valence-corrected chi connectivity index (χ2v) is 3.81. The van der Waals surface area contributed by atoms with Gasteiger partial charge in [0.1, 0.15) is 0 Å². The Morgan fingerprint density at radius 1 is 1.50 bits per heavy atom. The third kappa shape index (κ3) is 2.95. The van der Waals surface area contributed by atoms with Gasteiger partial charge >= 0.3 is 0 Å². The van der Waals surface area contributed by atoms with Crippen molar-refractivity contribution >= 4 is 15.9 Å². The van der Waals surface area contributed by atoms with Gasteiger partial charge in [0.15, 0.2) is 0 Å². The summed E-state index contributed by atoms with van der Waals surface area (Å²) in [7, 11) is 0. The van der Waals surface area contributed by atoms with Crippen LogP contribution in [0.25, 0.3) is 0 Å². The van der Waals surface area contributed by atoms with Crippen molar-refractivity contribution in [2.24, 2.45) is 0 Å². The molecule has 1 nitrogen and oxygen atoms in total. The van der Waals surface area contributed by atoms with E-state index in [0.29, 0.717) is 0 Å². The molecule has 0 fully saturated rings. The van der Waals surface area contributed by atoms with E-state index in [4.69, 9.17) is 0 Å². The third-order valence-electron chi connectivity index (χ3n) is 1.83. The van der Waals surface area contributed by atoms with Crippen LogP contribution in [-0.2, 0) is 6.42 Å². The summed E-state index contributed by atoms with van der Waals surface area (Å²) in [5.74, 6) is 0. The first kappa shape index (κ1) is 9.75. The number of halogens is 1. The van der Waals surface area contributed by atoms with Gasteiger partial charge < -0.3 is 5.11 Å². The first-order valence-corrected chi connectivity index (χ1v) is 4.94. The van der Waals surface area contributed by atoms with Gasteiger partial charge in [-0.2, -0.15) is 0 Å². The monoisotopic (exact) mass is 228 g/mol. The van der Waals surface area contributed by atoms with Crippen LogP contribution in [0, 0.1) is 0 Å². The van der Waals surface area contributed by atoms with Crippen LogP contribution in [-0.4, -0.2) is 11.2 Å². The van der Waals surface area contributed by atoms with Crippen LogP contribution >= 0.6 is 15.9 Å². The lowest BCUT2D eigenvalue weighted by Crippen LogP contribution is -2.07. The zero-order valence-electron chi connectivity index (χ0n) is 7.13. The van der Waals surface area contributed by atoms with Gasteiger partial charge in [-0.05, 0) is 30.5 Å². The molecule has 1 N–H and O–H groups in total. The summed E-state index contributed by atoms with van der Waals surface area (Å²) in [5.41, 5.74) is 1.18. The van der Waals surface area contributed by atoms with Crippen LogP contribution in [0.2, 0.25) is 0 Å². The fourth-order valence-corrected chi connectivity index (χ4v) is 1.53. The lowest BCUT2D eigenvalue weighted by Gasteiger charge is -2.07. The Hall–Kier alpha value is -0.340. The van der Waals surface area contributed by atoms with Crippen molar-refractivity contribution in [1.82, 2.24) is 0 Å². The van der Waals surface area contributed by atoms with E-state index >= 15 is 0 Å². The number of benzene rings is 1. The fourth-order valence-electron chi connectivity index (χ4n) is 1.08. The minimum atomic E-state index is -0.209. The van der Waals surface area contributed by atoms with Crippen molar-refractivity contribution in [1.29, 1.82) is 0 Å². The number of hydrogen-bond donors (Lipinski definition) is 1. The zero-order valence-corrected chi connectivity index (χ0v) is 8.71. The SMILES string of the molecule is CCC(O)Cc1cccc(Br)c1. The van der Waals surface area contributed by atoms with Gasteiger partial charge in [0, 0.05) is 4.47 Å². The zero-order chi connectivity index (χ0) is 8.97. The van der Waals surface area contributed by atoms with Crippen molar-refractivity contribution in [3.05, 3.63) is 34.3 Å². The van der Waals surface area contributed by atoms with Gasteiger partial charge in [-0.3, -0.25) is 0 Å². The molecule has 1 aromatic carbocycles. The highest BCUT2D eigenvalue weighted by Gasteiger charge is 2.01. The number of hydrogen-bond acceptors (Lipinski definition) is 1. The summed E-state index contributed by atoms with van der Waals surface area (Å²) in [4.78, 5) is 0. The molecule has 0 amide bonds. The maximum absolute atomic E-state index is 9.39. The average Bonchev–Trinajstić information content (AvgIpc) is 2.04. The standard InChI is InChI=1S/C10H13BrO/c1-2-10(12)7-8-4-3-5-9(11)6-8/h3-6,10,12H,2,7H2,1H3. The maximum atomic E-state index is 9.39. The van der Waals surface area contributed by atoms with Gasteiger partial charge in [-0.1, -0.05) is 35.0 Å². The van der Waals surface area contributed by atoms with E-state index in [-0.39, 0.29) is 6.10 Å². The van der Waals surface area contributed by atoms with Gasteiger partial charge in [-0.25, -0.2) is 0 Å². The van der Waals surface area contributed by atoms with Crippen LogP contribution in [0.5, 0.6) is 0 Å². The summed E-state index contributed by atoms with van der Waals surface area (Å²) in [6.45, 7) is 1.99. The summed E-state index contributed by atoms with van der Waals surface area (Å²) in [6.07, 6.45) is 1.35. The van der Waals surface area contributed by atoms with Crippen molar-refractivity contribution in [2.75, 3.05) is 0 Å². The predicted molar refractivity (Wildman–Crippen MR) is 54.1 cm³/mol. The van der Waals surface area contributed by atoms with E-state index < -0.39 is 0 Å². The van der Waals surface area contributed by atoms with Gasteiger partial charge in [0.05, 0.1) is 6.10 Å².